The van der Waals surface area contributed by atoms with Crippen LogP contribution in [0.25, 0.3) is 22.2 Å². The highest BCUT2D eigenvalue weighted by molar-refractivity contribution is 7.13. The van der Waals surface area contributed by atoms with E-state index in [1.165, 1.54) is 0 Å². The number of nitrogens with zero attached hydrogens (tertiary/aromatic N) is 3. The highest BCUT2D eigenvalue weighted by atomic mass is 32.1. The van der Waals surface area contributed by atoms with Crippen molar-refractivity contribution in [2.24, 2.45) is 0 Å². The Morgan fingerprint density at radius 2 is 1.96 bits per heavy atom. The van der Waals surface area contributed by atoms with E-state index in [0.29, 0.717) is 0 Å². The van der Waals surface area contributed by atoms with E-state index in [2.05, 4.69) is 26.3 Å². The van der Waals surface area contributed by atoms with Crippen LogP contribution in [0.4, 0.5) is 10.8 Å². The van der Waals surface area contributed by atoms with Crippen LogP contribution < -0.4 is 5.32 Å². The van der Waals surface area contributed by atoms with E-state index in [1.54, 1.807) is 17.5 Å². The van der Waals surface area contributed by atoms with E-state index >= 15 is 0 Å². The van der Waals surface area contributed by atoms with Gasteiger partial charge < -0.3 is 5.32 Å². The fourth-order valence-corrected chi connectivity index (χ4v) is 3.10. The maximum absolute atomic E-state index is 4.64. The first-order chi connectivity index (χ1) is 11.3. The fraction of sp³-hybridized carbons (Fsp3) is 0.0556. The van der Waals surface area contributed by atoms with E-state index in [1.807, 2.05) is 54.9 Å². The SMILES string of the molecule is Cc1cccc(-c2ccnc3ccc(Nc4nccs4)cc23)n1. The molecule has 0 spiro atoms. The van der Waals surface area contributed by atoms with Gasteiger partial charge in [-0.05, 0) is 43.3 Å². The van der Waals surface area contributed by atoms with Crippen LogP contribution in [0.5, 0.6) is 0 Å². The molecular weight excluding hydrogens is 304 g/mol. The normalized spacial score (nSPS) is 10.8. The van der Waals surface area contributed by atoms with Crippen molar-refractivity contribution in [3.63, 3.8) is 0 Å². The number of hydrogen-bond donors (Lipinski definition) is 1. The van der Waals surface area contributed by atoms with Crippen molar-refractivity contribution in [3.8, 4) is 11.3 Å². The molecule has 0 unspecified atom stereocenters. The van der Waals surface area contributed by atoms with Gasteiger partial charge in [0, 0.05) is 40.1 Å². The van der Waals surface area contributed by atoms with Gasteiger partial charge in [-0.3, -0.25) is 9.97 Å². The summed E-state index contributed by atoms with van der Waals surface area (Å²) in [4.78, 5) is 13.4. The minimum Gasteiger partial charge on any atom is -0.332 e. The van der Waals surface area contributed by atoms with Gasteiger partial charge >= 0.3 is 0 Å². The monoisotopic (exact) mass is 318 g/mol. The number of anilines is 2. The summed E-state index contributed by atoms with van der Waals surface area (Å²) in [5.74, 6) is 0. The summed E-state index contributed by atoms with van der Waals surface area (Å²) in [5.41, 5.74) is 5.00. The molecule has 0 aliphatic heterocycles. The fourth-order valence-electron chi connectivity index (χ4n) is 2.55. The Morgan fingerprint density at radius 3 is 2.78 bits per heavy atom. The molecule has 0 atom stereocenters. The van der Waals surface area contributed by atoms with Crippen LogP contribution in [0.1, 0.15) is 5.69 Å². The molecule has 0 bridgehead atoms. The van der Waals surface area contributed by atoms with E-state index in [0.717, 1.165) is 38.7 Å². The van der Waals surface area contributed by atoms with E-state index in [-0.39, 0.29) is 0 Å². The predicted octanol–water partition coefficient (Wildman–Crippen LogP) is 4.81. The number of rotatable bonds is 3. The van der Waals surface area contributed by atoms with Gasteiger partial charge in [0.15, 0.2) is 5.13 Å². The first-order valence-corrected chi connectivity index (χ1v) is 8.17. The molecule has 1 N–H and O–H groups in total. The molecule has 0 radical (unpaired) electrons. The molecule has 1 aromatic carbocycles. The summed E-state index contributed by atoms with van der Waals surface area (Å²) in [5, 5.41) is 7.23. The smallest absolute Gasteiger partial charge is 0.187 e. The second-order valence-electron chi connectivity index (χ2n) is 5.22. The molecule has 3 heterocycles. The third-order valence-corrected chi connectivity index (χ3v) is 4.28. The Morgan fingerprint density at radius 1 is 1.00 bits per heavy atom. The number of fused-ring (bicyclic) bond motifs is 1. The predicted molar refractivity (Wildman–Crippen MR) is 95.1 cm³/mol. The van der Waals surface area contributed by atoms with Gasteiger partial charge in [0.25, 0.3) is 0 Å². The molecule has 0 amide bonds. The Hall–Kier alpha value is -2.79. The van der Waals surface area contributed by atoms with Crippen molar-refractivity contribution in [2.75, 3.05) is 5.32 Å². The van der Waals surface area contributed by atoms with E-state index in [4.69, 9.17) is 0 Å². The summed E-state index contributed by atoms with van der Waals surface area (Å²) in [7, 11) is 0. The summed E-state index contributed by atoms with van der Waals surface area (Å²) < 4.78 is 0. The molecule has 0 aliphatic rings. The van der Waals surface area contributed by atoms with Crippen molar-refractivity contribution < 1.29 is 0 Å². The number of thiazole rings is 1. The highest BCUT2D eigenvalue weighted by Gasteiger charge is 2.07. The highest BCUT2D eigenvalue weighted by Crippen LogP contribution is 2.29. The van der Waals surface area contributed by atoms with Crippen molar-refractivity contribution in [3.05, 3.63) is 65.9 Å². The second-order valence-corrected chi connectivity index (χ2v) is 6.11. The lowest BCUT2D eigenvalue weighted by molar-refractivity contribution is 1.21. The molecule has 23 heavy (non-hydrogen) atoms. The Labute approximate surface area is 137 Å². The van der Waals surface area contributed by atoms with Gasteiger partial charge in [-0.1, -0.05) is 6.07 Å². The lowest BCUT2D eigenvalue weighted by Gasteiger charge is -2.09. The minimum atomic E-state index is 0.878. The summed E-state index contributed by atoms with van der Waals surface area (Å²) in [6, 6.07) is 14.2. The maximum Gasteiger partial charge on any atom is 0.187 e. The zero-order valence-electron chi connectivity index (χ0n) is 12.5. The minimum absolute atomic E-state index is 0.878. The zero-order chi connectivity index (χ0) is 15.6. The van der Waals surface area contributed by atoms with Crippen LogP contribution in [0.2, 0.25) is 0 Å². The second kappa shape index (κ2) is 5.78. The first-order valence-electron chi connectivity index (χ1n) is 7.29. The Kier molecular flexibility index (Phi) is 3.48. The average Bonchev–Trinajstić information content (AvgIpc) is 3.07. The molecule has 3 aromatic heterocycles. The van der Waals surface area contributed by atoms with Crippen LogP contribution in [0, 0.1) is 6.92 Å². The van der Waals surface area contributed by atoms with Crippen molar-refractivity contribution in [2.45, 2.75) is 6.92 Å². The van der Waals surface area contributed by atoms with Crippen molar-refractivity contribution in [1.29, 1.82) is 0 Å². The van der Waals surface area contributed by atoms with Gasteiger partial charge in [0.1, 0.15) is 0 Å². The molecule has 4 aromatic rings. The molecular formula is C18H14N4S. The van der Waals surface area contributed by atoms with Gasteiger partial charge in [-0.15, -0.1) is 11.3 Å². The van der Waals surface area contributed by atoms with Crippen LogP contribution in [0.15, 0.2) is 60.2 Å². The number of aromatic nitrogens is 3. The zero-order valence-corrected chi connectivity index (χ0v) is 13.3. The number of benzene rings is 1. The standard InChI is InChI=1S/C18H14N4S/c1-12-3-2-4-17(21-12)14-7-8-19-16-6-5-13(11-15(14)16)22-18-20-9-10-23-18/h2-11H,1H3,(H,20,22). The largest absolute Gasteiger partial charge is 0.332 e. The maximum atomic E-state index is 4.64. The molecule has 4 nitrogen and oxygen atoms in total. The van der Waals surface area contributed by atoms with E-state index < -0.39 is 0 Å². The topological polar surface area (TPSA) is 50.7 Å². The Balaban J connectivity index is 1.84. The molecule has 0 aliphatic carbocycles. The number of aryl methyl sites for hydroxylation is 1. The Bertz CT molecular complexity index is 964. The first kappa shape index (κ1) is 13.8. The summed E-state index contributed by atoms with van der Waals surface area (Å²) >= 11 is 1.58. The molecule has 0 saturated carbocycles. The summed E-state index contributed by atoms with van der Waals surface area (Å²) in [6.07, 6.45) is 3.62. The number of nitrogens with one attached hydrogen (secondary N) is 1. The molecule has 112 valence electrons. The van der Waals surface area contributed by atoms with Gasteiger partial charge in [-0.25, -0.2) is 4.98 Å². The lowest BCUT2D eigenvalue weighted by Crippen LogP contribution is -1.92. The van der Waals surface area contributed by atoms with Gasteiger partial charge in [0.05, 0.1) is 11.2 Å². The number of pyridine rings is 2. The number of hydrogen-bond acceptors (Lipinski definition) is 5. The quantitative estimate of drug-likeness (QED) is 0.589. The van der Waals surface area contributed by atoms with Gasteiger partial charge in [0.2, 0.25) is 0 Å². The third-order valence-electron chi connectivity index (χ3n) is 3.59. The molecule has 0 fully saturated rings. The van der Waals surface area contributed by atoms with Gasteiger partial charge in [-0.2, -0.15) is 0 Å². The van der Waals surface area contributed by atoms with Crippen LogP contribution in [0.3, 0.4) is 0 Å². The van der Waals surface area contributed by atoms with Crippen molar-refractivity contribution in [1.82, 2.24) is 15.0 Å². The molecule has 5 heteroatoms. The van der Waals surface area contributed by atoms with Crippen LogP contribution in [-0.4, -0.2) is 15.0 Å². The summed E-state index contributed by atoms with van der Waals surface area (Å²) in [6.45, 7) is 2.00. The van der Waals surface area contributed by atoms with E-state index in [9.17, 15) is 0 Å². The van der Waals surface area contributed by atoms with Crippen LogP contribution in [-0.2, 0) is 0 Å². The molecule has 4 rings (SSSR count). The van der Waals surface area contributed by atoms with Crippen LogP contribution >= 0.6 is 11.3 Å². The third kappa shape index (κ3) is 2.78. The lowest BCUT2D eigenvalue weighted by atomic mass is 10.0. The van der Waals surface area contributed by atoms with Crippen molar-refractivity contribution >= 4 is 33.1 Å². The molecule has 0 saturated heterocycles. The average molecular weight is 318 g/mol.